The third-order valence-corrected chi connectivity index (χ3v) is 10.5. The lowest BCUT2D eigenvalue weighted by Crippen LogP contribution is -2.67. The van der Waals surface area contributed by atoms with Crippen molar-refractivity contribution < 1.29 is 13.9 Å². The van der Waals surface area contributed by atoms with Crippen LogP contribution < -0.4 is 10.4 Å². The van der Waals surface area contributed by atoms with Gasteiger partial charge in [-0.15, -0.1) is 0 Å². The van der Waals surface area contributed by atoms with Crippen molar-refractivity contribution in [3.63, 3.8) is 0 Å². The lowest BCUT2D eigenvalue weighted by Gasteiger charge is -2.43. The standard InChI is InChI=1S/C22H28O3Si/c1-22(2,3)26(18-10-6-4-7-11-18,19-12-8-5-9-13-19)23-16-17-14-15-20-21(24-17)25-20/h4-13,17,20-21H,14-16H2,1-3H3/t17-,20+,21-/m0/s1. The topological polar surface area (TPSA) is 31.0 Å². The van der Waals surface area contributed by atoms with Gasteiger partial charge in [0.25, 0.3) is 8.32 Å². The van der Waals surface area contributed by atoms with Crippen LogP contribution in [0.4, 0.5) is 0 Å². The van der Waals surface area contributed by atoms with E-state index in [1.165, 1.54) is 10.4 Å². The molecule has 3 atom stereocenters. The number of hydrogen-bond acceptors (Lipinski definition) is 3. The minimum atomic E-state index is -2.46. The van der Waals surface area contributed by atoms with E-state index >= 15 is 0 Å². The first-order valence-electron chi connectivity index (χ1n) is 9.57. The smallest absolute Gasteiger partial charge is 0.261 e. The van der Waals surface area contributed by atoms with E-state index in [4.69, 9.17) is 13.9 Å². The Kier molecular flexibility index (Phi) is 4.78. The lowest BCUT2D eigenvalue weighted by molar-refractivity contribution is -0.0433. The van der Waals surface area contributed by atoms with Crippen LogP contribution in [-0.4, -0.2) is 33.4 Å². The Morgan fingerprint density at radius 2 is 1.46 bits per heavy atom. The molecule has 4 heteroatoms. The van der Waals surface area contributed by atoms with Crippen molar-refractivity contribution in [2.45, 2.75) is 57.1 Å². The first kappa shape index (κ1) is 17.9. The molecule has 0 unspecified atom stereocenters. The average molecular weight is 369 g/mol. The Bertz CT molecular complexity index is 687. The van der Waals surface area contributed by atoms with E-state index in [0.29, 0.717) is 12.7 Å². The molecule has 2 saturated heterocycles. The number of hydrogen-bond donors (Lipinski definition) is 0. The van der Waals surface area contributed by atoms with E-state index in [1.807, 2.05) is 0 Å². The Morgan fingerprint density at radius 3 is 1.96 bits per heavy atom. The molecule has 2 heterocycles. The number of ether oxygens (including phenoxy) is 2. The molecule has 138 valence electrons. The van der Waals surface area contributed by atoms with Crippen LogP contribution in [0.25, 0.3) is 0 Å². The van der Waals surface area contributed by atoms with Gasteiger partial charge in [0, 0.05) is 0 Å². The van der Waals surface area contributed by atoms with Crippen molar-refractivity contribution in [3.8, 4) is 0 Å². The van der Waals surface area contributed by atoms with E-state index in [0.717, 1.165) is 12.8 Å². The predicted molar refractivity (Wildman–Crippen MR) is 106 cm³/mol. The highest BCUT2D eigenvalue weighted by atomic mass is 28.4. The summed E-state index contributed by atoms with van der Waals surface area (Å²) in [5.74, 6) is 0. The van der Waals surface area contributed by atoms with Gasteiger partial charge >= 0.3 is 0 Å². The summed E-state index contributed by atoms with van der Waals surface area (Å²) in [4.78, 5) is 0. The second-order valence-corrected chi connectivity index (χ2v) is 12.7. The van der Waals surface area contributed by atoms with Gasteiger partial charge in [0.15, 0.2) is 6.29 Å². The number of epoxide rings is 1. The van der Waals surface area contributed by atoms with Crippen LogP contribution >= 0.6 is 0 Å². The lowest BCUT2D eigenvalue weighted by atomic mass is 10.1. The van der Waals surface area contributed by atoms with Crippen molar-refractivity contribution in [1.82, 2.24) is 0 Å². The van der Waals surface area contributed by atoms with Crippen LogP contribution in [0.2, 0.25) is 5.04 Å². The Balaban J connectivity index is 1.70. The SMILES string of the molecule is CC(C)(C)[Si](OC[C@@H]1CC[C@H]2O[C@@H]2O1)(c1ccccc1)c1ccccc1. The van der Waals surface area contributed by atoms with Gasteiger partial charge in [-0.3, -0.25) is 0 Å². The number of benzene rings is 2. The van der Waals surface area contributed by atoms with Crippen molar-refractivity contribution >= 4 is 18.7 Å². The first-order chi connectivity index (χ1) is 12.5. The van der Waals surface area contributed by atoms with E-state index < -0.39 is 8.32 Å². The summed E-state index contributed by atoms with van der Waals surface area (Å²) < 4.78 is 18.5. The zero-order chi connectivity index (χ0) is 18.2. The summed E-state index contributed by atoms with van der Waals surface area (Å²) in [6.45, 7) is 7.54. The highest BCUT2D eigenvalue weighted by molar-refractivity contribution is 6.99. The Labute approximate surface area is 157 Å². The van der Waals surface area contributed by atoms with Gasteiger partial charge in [0.2, 0.25) is 0 Å². The number of fused-ring (bicyclic) bond motifs is 1. The third kappa shape index (κ3) is 3.27. The fourth-order valence-corrected chi connectivity index (χ4v) is 8.75. The Hall–Kier alpha value is -1.46. The molecule has 0 amide bonds. The van der Waals surface area contributed by atoms with Crippen molar-refractivity contribution in [1.29, 1.82) is 0 Å². The van der Waals surface area contributed by atoms with Crippen molar-refractivity contribution in [2.75, 3.05) is 6.61 Å². The fraction of sp³-hybridized carbons (Fsp3) is 0.455. The molecular formula is C22H28O3Si. The van der Waals surface area contributed by atoms with Crippen molar-refractivity contribution in [3.05, 3.63) is 60.7 Å². The normalized spacial score (nSPS) is 25.6. The van der Waals surface area contributed by atoms with E-state index in [-0.39, 0.29) is 17.4 Å². The Morgan fingerprint density at radius 1 is 0.885 bits per heavy atom. The minimum Gasteiger partial charge on any atom is -0.405 e. The van der Waals surface area contributed by atoms with Gasteiger partial charge < -0.3 is 13.9 Å². The van der Waals surface area contributed by atoms with Gasteiger partial charge in [-0.25, -0.2) is 0 Å². The van der Waals surface area contributed by atoms with Crippen LogP contribution in [0.1, 0.15) is 33.6 Å². The largest absolute Gasteiger partial charge is 0.405 e. The molecule has 0 spiro atoms. The summed E-state index contributed by atoms with van der Waals surface area (Å²) >= 11 is 0. The maximum absolute atomic E-state index is 6.93. The monoisotopic (exact) mass is 368 g/mol. The molecule has 2 aromatic rings. The molecule has 0 bridgehead atoms. The molecule has 2 fully saturated rings. The second-order valence-electron chi connectivity index (χ2n) is 8.35. The van der Waals surface area contributed by atoms with Crippen LogP contribution in [-0.2, 0) is 13.9 Å². The van der Waals surface area contributed by atoms with Gasteiger partial charge in [0.05, 0.1) is 12.7 Å². The summed E-state index contributed by atoms with van der Waals surface area (Å²) in [5, 5.41) is 2.63. The number of rotatable bonds is 5. The van der Waals surface area contributed by atoms with E-state index in [2.05, 4.69) is 81.4 Å². The predicted octanol–water partition coefficient (Wildman–Crippen LogP) is 3.47. The molecule has 0 aliphatic carbocycles. The van der Waals surface area contributed by atoms with Crippen molar-refractivity contribution in [2.24, 2.45) is 0 Å². The fourth-order valence-electron chi connectivity index (χ4n) is 4.16. The minimum absolute atomic E-state index is 0.00297. The van der Waals surface area contributed by atoms with Crippen LogP contribution in [0.15, 0.2) is 60.7 Å². The summed E-state index contributed by atoms with van der Waals surface area (Å²) in [5.41, 5.74) is 0. The van der Waals surface area contributed by atoms with Crippen LogP contribution in [0, 0.1) is 0 Å². The maximum atomic E-state index is 6.93. The molecule has 0 saturated carbocycles. The summed E-state index contributed by atoms with van der Waals surface area (Å²) in [7, 11) is -2.46. The van der Waals surface area contributed by atoms with Crippen LogP contribution in [0.5, 0.6) is 0 Å². The highest BCUT2D eigenvalue weighted by Gasteiger charge is 2.51. The molecule has 0 aromatic heterocycles. The molecule has 26 heavy (non-hydrogen) atoms. The van der Waals surface area contributed by atoms with Gasteiger partial charge in [-0.2, -0.15) is 0 Å². The third-order valence-electron chi connectivity index (χ3n) is 5.54. The molecular weight excluding hydrogens is 340 g/mol. The average Bonchev–Trinajstić information content (AvgIpc) is 3.42. The summed E-state index contributed by atoms with van der Waals surface area (Å²) in [6, 6.07) is 21.5. The molecule has 3 nitrogen and oxygen atoms in total. The van der Waals surface area contributed by atoms with Gasteiger partial charge in [0.1, 0.15) is 6.10 Å². The van der Waals surface area contributed by atoms with Gasteiger partial charge in [-0.1, -0.05) is 81.4 Å². The molecule has 2 aliphatic rings. The molecule has 2 aromatic carbocycles. The van der Waals surface area contributed by atoms with Crippen LogP contribution in [0.3, 0.4) is 0 Å². The quantitative estimate of drug-likeness (QED) is 0.598. The second kappa shape index (κ2) is 6.93. The maximum Gasteiger partial charge on any atom is 0.261 e. The van der Waals surface area contributed by atoms with E-state index in [1.54, 1.807) is 0 Å². The highest BCUT2D eigenvalue weighted by Crippen LogP contribution is 2.39. The van der Waals surface area contributed by atoms with Gasteiger partial charge in [-0.05, 0) is 28.3 Å². The summed E-state index contributed by atoms with van der Waals surface area (Å²) in [6.07, 6.45) is 2.56. The zero-order valence-corrected chi connectivity index (χ0v) is 16.9. The zero-order valence-electron chi connectivity index (χ0n) is 15.9. The molecule has 0 radical (unpaired) electrons. The molecule has 0 N–H and O–H groups in total. The molecule has 4 rings (SSSR count). The van der Waals surface area contributed by atoms with E-state index in [9.17, 15) is 0 Å². The first-order valence-corrected chi connectivity index (χ1v) is 11.5. The molecule has 2 aliphatic heterocycles.